The molecular formula is C30H31F5N8O2S. The molecule has 2 aromatic carbocycles. The van der Waals surface area contributed by atoms with Gasteiger partial charge < -0.3 is 25.8 Å². The number of hydrazine groups is 1. The number of piperazine rings is 1. The Morgan fingerprint density at radius 2 is 1.89 bits per heavy atom. The van der Waals surface area contributed by atoms with Crippen LogP contribution in [0.2, 0.25) is 0 Å². The molecule has 46 heavy (non-hydrogen) atoms. The summed E-state index contributed by atoms with van der Waals surface area (Å²) in [6.45, 7) is 2.10. The van der Waals surface area contributed by atoms with E-state index in [2.05, 4.69) is 15.3 Å². The first-order valence-electron chi connectivity index (χ1n) is 14.6. The first kappa shape index (κ1) is 32.1. The number of anilines is 2. The number of halogens is 5. The minimum Gasteiger partial charge on any atom is -0.467 e. The molecule has 16 heteroatoms. The summed E-state index contributed by atoms with van der Waals surface area (Å²) in [6, 6.07) is 4.89. The quantitative estimate of drug-likeness (QED) is 0.181. The van der Waals surface area contributed by atoms with E-state index in [0.717, 1.165) is 50.4 Å². The molecule has 3 fully saturated rings. The van der Waals surface area contributed by atoms with Gasteiger partial charge in [-0.2, -0.15) is 28.4 Å². The van der Waals surface area contributed by atoms with Gasteiger partial charge in [-0.05, 0) is 43.4 Å². The van der Waals surface area contributed by atoms with Crippen LogP contribution in [0.15, 0.2) is 18.2 Å². The predicted molar refractivity (Wildman–Crippen MR) is 164 cm³/mol. The third-order valence-corrected chi connectivity index (χ3v) is 9.75. The van der Waals surface area contributed by atoms with Gasteiger partial charge >= 0.3 is 12.2 Å². The van der Waals surface area contributed by atoms with Gasteiger partial charge in [0, 0.05) is 54.1 Å². The summed E-state index contributed by atoms with van der Waals surface area (Å²) >= 11 is 0.714. The number of nitrogens with two attached hydrogens (primary N) is 2. The van der Waals surface area contributed by atoms with Crippen LogP contribution in [0.4, 0.5) is 32.8 Å². The molecule has 2 aromatic heterocycles. The maximum Gasteiger partial charge on any atom is 0.417 e. The SMILES string of the molecule is COc1nc(N2CC3CCC(C2)N3)c2cc(C(F)(F)F)c(-c3ccc(F)c4sc(N)c(C#N)c34)c(F)c2n1.NN1CCCC1CO. The van der Waals surface area contributed by atoms with E-state index in [9.17, 15) is 22.8 Å². The molecule has 7 rings (SSSR count). The molecule has 0 saturated carbocycles. The molecule has 6 N–H and O–H groups in total. The van der Waals surface area contributed by atoms with Crippen molar-refractivity contribution in [1.29, 1.82) is 5.26 Å². The molecule has 5 heterocycles. The third kappa shape index (κ3) is 5.66. The number of aliphatic hydroxyl groups excluding tert-OH is 1. The lowest BCUT2D eigenvalue weighted by molar-refractivity contribution is -0.137. The molecule has 0 radical (unpaired) electrons. The Labute approximate surface area is 264 Å². The van der Waals surface area contributed by atoms with Crippen molar-refractivity contribution in [3.63, 3.8) is 0 Å². The van der Waals surface area contributed by atoms with Crippen molar-refractivity contribution in [2.24, 2.45) is 5.84 Å². The number of methoxy groups -OCH3 is 1. The molecule has 0 spiro atoms. The third-order valence-electron chi connectivity index (χ3n) is 8.73. The molecule has 3 aliphatic rings. The van der Waals surface area contributed by atoms with Gasteiger partial charge in [-0.25, -0.2) is 13.8 Å². The Morgan fingerprint density at radius 3 is 2.46 bits per heavy atom. The topological polar surface area (TPSA) is 150 Å². The monoisotopic (exact) mass is 662 g/mol. The fourth-order valence-corrected chi connectivity index (χ4v) is 7.49. The number of benzene rings is 2. The van der Waals surface area contributed by atoms with Gasteiger partial charge in [0.05, 0.1) is 29.5 Å². The summed E-state index contributed by atoms with van der Waals surface area (Å²) in [5.74, 6) is 3.54. The van der Waals surface area contributed by atoms with Crippen LogP contribution >= 0.6 is 11.3 Å². The standard InChI is InChI=1S/C25H19F5N6OS.C5H12N2O/c1-37-24-34-20-13(23(35-24)36-8-10-2-3-11(9-36)33-10)6-15(25(28,29)30)18(19(20)27)12-4-5-16(26)21-17(12)14(7-31)22(32)38-21;6-7-3-1-2-5(7)4-8/h4-6,10-11,33H,2-3,8-9,32H2,1H3;5,8H,1-4,6H2. The number of nitrogens with one attached hydrogen (secondary N) is 1. The normalized spacial score (nSPS) is 21.5. The number of nitrogens with zero attached hydrogens (tertiary/aromatic N) is 5. The fourth-order valence-electron chi connectivity index (χ4n) is 6.54. The van der Waals surface area contributed by atoms with Gasteiger partial charge in [-0.3, -0.25) is 5.84 Å². The van der Waals surface area contributed by atoms with Gasteiger partial charge in [0.1, 0.15) is 28.2 Å². The lowest BCUT2D eigenvalue weighted by atomic mass is 9.92. The lowest BCUT2D eigenvalue weighted by Crippen LogP contribution is -2.51. The number of nitriles is 1. The molecule has 2 bridgehead atoms. The van der Waals surface area contributed by atoms with E-state index in [1.165, 1.54) is 7.11 Å². The van der Waals surface area contributed by atoms with E-state index in [0.29, 0.717) is 24.4 Å². The zero-order valence-electron chi connectivity index (χ0n) is 24.7. The van der Waals surface area contributed by atoms with Crippen molar-refractivity contribution in [3.8, 4) is 23.2 Å². The number of ether oxygens (including phenoxy) is 1. The number of aliphatic hydroxyl groups is 1. The number of fused-ring (bicyclic) bond motifs is 4. The summed E-state index contributed by atoms with van der Waals surface area (Å²) in [5.41, 5.74) is 2.82. The Balaban J connectivity index is 0.000000407. The molecule has 3 aliphatic heterocycles. The van der Waals surface area contributed by atoms with Crippen LogP contribution in [-0.2, 0) is 6.18 Å². The molecule has 244 valence electrons. The summed E-state index contributed by atoms with van der Waals surface area (Å²) in [6.07, 6.45) is -0.994. The van der Waals surface area contributed by atoms with E-state index >= 15 is 4.39 Å². The van der Waals surface area contributed by atoms with Crippen LogP contribution in [0.1, 0.15) is 36.8 Å². The molecule has 3 saturated heterocycles. The highest BCUT2D eigenvalue weighted by Crippen LogP contribution is 2.48. The average molecular weight is 663 g/mol. The molecule has 0 amide bonds. The lowest BCUT2D eigenvalue weighted by Gasteiger charge is -2.34. The predicted octanol–water partition coefficient (Wildman–Crippen LogP) is 4.53. The summed E-state index contributed by atoms with van der Waals surface area (Å²) in [7, 11) is 1.28. The van der Waals surface area contributed by atoms with Crippen molar-refractivity contribution in [1.82, 2.24) is 20.3 Å². The van der Waals surface area contributed by atoms with E-state index in [4.69, 9.17) is 21.4 Å². The summed E-state index contributed by atoms with van der Waals surface area (Å²) < 4.78 is 79.7. The summed E-state index contributed by atoms with van der Waals surface area (Å²) in [4.78, 5) is 10.2. The van der Waals surface area contributed by atoms with Gasteiger partial charge in [-0.15, -0.1) is 11.3 Å². The number of rotatable bonds is 4. The van der Waals surface area contributed by atoms with Crippen LogP contribution in [0.3, 0.4) is 0 Å². The van der Waals surface area contributed by atoms with E-state index in [-0.39, 0.29) is 73.7 Å². The Morgan fingerprint density at radius 1 is 1.17 bits per heavy atom. The van der Waals surface area contributed by atoms with E-state index in [1.807, 2.05) is 11.0 Å². The van der Waals surface area contributed by atoms with Crippen molar-refractivity contribution < 1.29 is 31.8 Å². The van der Waals surface area contributed by atoms with Gasteiger partial charge in [0.25, 0.3) is 0 Å². The van der Waals surface area contributed by atoms with Crippen molar-refractivity contribution in [2.75, 3.05) is 44.0 Å². The number of alkyl halides is 3. The second kappa shape index (κ2) is 12.4. The Kier molecular flexibility index (Phi) is 8.63. The maximum atomic E-state index is 16.4. The van der Waals surface area contributed by atoms with Crippen molar-refractivity contribution in [3.05, 3.63) is 41.0 Å². The molecule has 4 aromatic rings. The first-order chi connectivity index (χ1) is 21.9. The van der Waals surface area contributed by atoms with Crippen LogP contribution in [-0.4, -0.2) is 71.6 Å². The Bertz CT molecular complexity index is 1830. The van der Waals surface area contributed by atoms with E-state index in [1.54, 1.807) is 5.01 Å². The minimum atomic E-state index is -5.00. The number of hydrogen-bond donors (Lipinski definition) is 4. The molecule has 0 aliphatic carbocycles. The summed E-state index contributed by atoms with van der Waals surface area (Å²) in [5, 5.41) is 23.0. The number of aromatic nitrogens is 2. The first-order valence-corrected chi connectivity index (χ1v) is 15.5. The van der Waals surface area contributed by atoms with Crippen molar-refractivity contribution in [2.45, 2.75) is 50.0 Å². The molecular weight excluding hydrogens is 631 g/mol. The molecule has 10 nitrogen and oxygen atoms in total. The highest BCUT2D eigenvalue weighted by molar-refractivity contribution is 7.23. The van der Waals surface area contributed by atoms with Gasteiger partial charge in [0.15, 0.2) is 5.82 Å². The highest BCUT2D eigenvalue weighted by atomic mass is 32.1. The van der Waals surface area contributed by atoms with Crippen LogP contribution in [0, 0.1) is 23.0 Å². The largest absolute Gasteiger partial charge is 0.467 e. The van der Waals surface area contributed by atoms with Crippen LogP contribution < -0.4 is 26.5 Å². The second-order valence-corrected chi connectivity index (χ2v) is 12.6. The molecule has 3 unspecified atom stereocenters. The fraction of sp³-hybridized carbons (Fsp3) is 0.433. The van der Waals surface area contributed by atoms with E-state index < -0.39 is 28.9 Å². The highest BCUT2D eigenvalue weighted by Gasteiger charge is 2.39. The molecule has 3 atom stereocenters. The smallest absolute Gasteiger partial charge is 0.417 e. The van der Waals surface area contributed by atoms with Gasteiger partial charge in [0.2, 0.25) is 0 Å². The zero-order chi connectivity index (χ0) is 32.9. The number of thiophene rings is 1. The van der Waals surface area contributed by atoms with Crippen LogP contribution in [0.25, 0.3) is 32.1 Å². The Hall–Kier alpha value is -3.88. The minimum absolute atomic E-state index is 0.0803. The maximum absolute atomic E-state index is 16.4. The number of nitrogen functional groups attached to an aromatic ring is 1. The second-order valence-electron chi connectivity index (χ2n) is 11.6. The average Bonchev–Trinajstić information content (AvgIpc) is 3.71. The zero-order valence-corrected chi connectivity index (χ0v) is 25.5. The van der Waals surface area contributed by atoms with Gasteiger partial charge in [-0.1, -0.05) is 6.07 Å². The van der Waals surface area contributed by atoms with Crippen molar-refractivity contribution >= 4 is 43.1 Å². The number of hydrogen-bond acceptors (Lipinski definition) is 11. The van der Waals surface area contributed by atoms with Crippen LogP contribution in [0.5, 0.6) is 6.01 Å².